The van der Waals surface area contributed by atoms with Crippen LogP contribution in [0.3, 0.4) is 0 Å². The minimum absolute atomic E-state index is 0.242. The monoisotopic (exact) mass is 418 g/mol. The van der Waals surface area contributed by atoms with Crippen molar-refractivity contribution >= 4 is 43.4 Å². The van der Waals surface area contributed by atoms with Gasteiger partial charge in [-0.1, -0.05) is 39.4 Å². The zero-order chi connectivity index (χ0) is 18.0. The molecule has 3 aromatic rings. The van der Waals surface area contributed by atoms with Crippen LogP contribution < -0.4 is 4.80 Å². The number of ether oxygens (including phenoxy) is 1. The minimum atomic E-state index is -0.242. The van der Waals surface area contributed by atoms with Crippen molar-refractivity contribution in [2.75, 3.05) is 13.7 Å². The van der Waals surface area contributed by atoms with E-state index in [1.165, 1.54) is 11.1 Å². The molecular formula is C19H19BrN2O2S. The van der Waals surface area contributed by atoms with E-state index in [-0.39, 0.29) is 5.91 Å². The quantitative estimate of drug-likeness (QED) is 0.627. The molecular weight excluding hydrogens is 400 g/mol. The van der Waals surface area contributed by atoms with Gasteiger partial charge in [-0.05, 0) is 49.2 Å². The first kappa shape index (κ1) is 18.0. The highest BCUT2D eigenvalue weighted by Gasteiger charge is 2.11. The summed E-state index contributed by atoms with van der Waals surface area (Å²) in [7, 11) is 1.68. The van der Waals surface area contributed by atoms with E-state index in [0.717, 1.165) is 14.7 Å². The lowest BCUT2D eigenvalue weighted by atomic mass is 10.1. The number of carbonyl (C=O) groups is 1. The average molecular weight is 419 g/mol. The largest absolute Gasteiger partial charge is 0.383 e. The first-order valence-corrected chi connectivity index (χ1v) is 9.54. The van der Waals surface area contributed by atoms with E-state index in [9.17, 15) is 4.79 Å². The van der Waals surface area contributed by atoms with Crippen LogP contribution in [0.25, 0.3) is 10.2 Å². The highest BCUT2D eigenvalue weighted by Crippen LogP contribution is 2.23. The summed E-state index contributed by atoms with van der Waals surface area (Å²) >= 11 is 4.94. The third-order valence-corrected chi connectivity index (χ3v) is 5.62. The van der Waals surface area contributed by atoms with E-state index >= 15 is 0 Å². The summed E-state index contributed by atoms with van der Waals surface area (Å²) in [6, 6.07) is 11.6. The smallest absolute Gasteiger partial charge is 0.279 e. The van der Waals surface area contributed by atoms with Crippen molar-refractivity contribution in [1.82, 2.24) is 4.57 Å². The Bertz CT molecular complexity index is 1000. The predicted molar refractivity (Wildman–Crippen MR) is 105 cm³/mol. The molecule has 0 saturated heterocycles. The van der Waals surface area contributed by atoms with Gasteiger partial charge in [0, 0.05) is 23.7 Å². The number of hydrogen-bond acceptors (Lipinski definition) is 3. The van der Waals surface area contributed by atoms with Crippen LogP contribution in [0.1, 0.15) is 21.5 Å². The van der Waals surface area contributed by atoms with Crippen molar-refractivity contribution in [2.24, 2.45) is 4.99 Å². The Hall–Kier alpha value is -1.76. The molecule has 25 heavy (non-hydrogen) atoms. The number of hydrogen-bond donors (Lipinski definition) is 0. The third kappa shape index (κ3) is 3.92. The fraction of sp³-hybridized carbons (Fsp3) is 0.263. The lowest BCUT2D eigenvalue weighted by Crippen LogP contribution is -2.19. The molecule has 0 fully saturated rings. The maximum Gasteiger partial charge on any atom is 0.279 e. The molecule has 0 aliphatic rings. The molecule has 0 bridgehead atoms. The highest BCUT2D eigenvalue weighted by molar-refractivity contribution is 9.10. The summed E-state index contributed by atoms with van der Waals surface area (Å²) in [5.41, 5.74) is 4.06. The topological polar surface area (TPSA) is 43.6 Å². The number of aromatic nitrogens is 1. The number of aryl methyl sites for hydroxylation is 2. The van der Waals surface area contributed by atoms with Crippen molar-refractivity contribution in [1.29, 1.82) is 0 Å². The minimum Gasteiger partial charge on any atom is -0.383 e. The summed E-state index contributed by atoms with van der Waals surface area (Å²) in [5.74, 6) is -0.242. The van der Waals surface area contributed by atoms with Gasteiger partial charge in [-0.15, -0.1) is 0 Å². The molecule has 6 heteroatoms. The second-order valence-electron chi connectivity index (χ2n) is 5.89. The second kappa shape index (κ2) is 7.64. The van der Waals surface area contributed by atoms with Crippen LogP contribution in [0.15, 0.2) is 45.9 Å². The average Bonchev–Trinajstić information content (AvgIpc) is 2.90. The van der Waals surface area contributed by atoms with Gasteiger partial charge in [-0.2, -0.15) is 4.99 Å². The van der Waals surface area contributed by atoms with Gasteiger partial charge in [-0.25, -0.2) is 0 Å². The molecule has 1 amide bonds. The van der Waals surface area contributed by atoms with E-state index in [0.29, 0.717) is 23.5 Å². The summed E-state index contributed by atoms with van der Waals surface area (Å²) in [6.07, 6.45) is 0. The molecule has 0 saturated carbocycles. The SMILES string of the molecule is COCCn1c(=NC(=O)c2cccc(Br)c2)sc2c(C)cc(C)cc21. The molecule has 2 aromatic carbocycles. The van der Waals surface area contributed by atoms with Gasteiger partial charge in [-0.3, -0.25) is 4.79 Å². The van der Waals surface area contributed by atoms with Crippen LogP contribution in [-0.4, -0.2) is 24.2 Å². The van der Waals surface area contributed by atoms with Gasteiger partial charge in [0.25, 0.3) is 5.91 Å². The highest BCUT2D eigenvalue weighted by atomic mass is 79.9. The first-order chi connectivity index (χ1) is 12.0. The maximum atomic E-state index is 12.6. The van der Waals surface area contributed by atoms with Crippen LogP contribution in [0.5, 0.6) is 0 Å². The molecule has 4 nitrogen and oxygen atoms in total. The number of thiazole rings is 1. The number of carbonyl (C=O) groups excluding carboxylic acids is 1. The number of amides is 1. The standard InChI is InChI=1S/C19H19BrN2O2S/c1-12-9-13(2)17-16(10-12)22(7-8-24-3)19(25-17)21-18(23)14-5-4-6-15(20)11-14/h4-6,9-11H,7-8H2,1-3H3. The van der Waals surface area contributed by atoms with Gasteiger partial charge in [0.05, 0.1) is 16.8 Å². The number of benzene rings is 2. The van der Waals surface area contributed by atoms with Crippen molar-refractivity contribution in [3.05, 3.63) is 62.4 Å². The fourth-order valence-electron chi connectivity index (χ4n) is 2.77. The molecule has 0 N–H and O–H groups in total. The second-order valence-corrected chi connectivity index (χ2v) is 7.78. The van der Waals surface area contributed by atoms with Gasteiger partial charge in [0.1, 0.15) is 0 Å². The lowest BCUT2D eigenvalue weighted by Gasteiger charge is -2.06. The van der Waals surface area contributed by atoms with Crippen LogP contribution in [0.2, 0.25) is 0 Å². The lowest BCUT2D eigenvalue weighted by molar-refractivity contribution is 0.0997. The number of methoxy groups -OCH3 is 1. The summed E-state index contributed by atoms with van der Waals surface area (Å²) in [5, 5.41) is 0. The van der Waals surface area contributed by atoms with Gasteiger partial charge >= 0.3 is 0 Å². The molecule has 0 radical (unpaired) electrons. The number of halogens is 1. The Morgan fingerprint density at radius 2 is 2.08 bits per heavy atom. The zero-order valence-electron chi connectivity index (χ0n) is 14.4. The molecule has 1 heterocycles. The molecule has 0 aliphatic carbocycles. The van der Waals surface area contributed by atoms with E-state index in [4.69, 9.17) is 4.74 Å². The Labute approximate surface area is 158 Å². The third-order valence-electron chi connectivity index (χ3n) is 3.90. The first-order valence-electron chi connectivity index (χ1n) is 7.94. The molecule has 0 atom stereocenters. The predicted octanol–water partition coefficient (Wildman–Crippen LogP) is 4.47. The van der Waals surface area contributed by atoms with Gasteiger partial charge in [0.15, 0.2) is 4.80 Å². The normalized spacial score (nSPS) is 12.1. The van der Waals surface area contributed by atoms with Gasteiger partial charge in [0.2, 0.25) is 0 Å². The summed E-state index contributed by atoms with van der Waals surface area (Å²) in [6.45, 7) is 5.39. The number of rotatable bonds is 4. The molecule has 1 aromatic heterocycles. The summed E-state index contributed by atoms with van der Waals surface area (Å²) < 4.78 is 9.32. The van der Waals surface area contributed by atoms with E-state index in [1.807, 2.05) is 12.1 Å². The van der Waals surface area contributed by atoms with E-state index in [2.05, 4.69) is 51.5 Å². The van der Waals surface area contributed by atoms with Crippen LogP contribution >= 0.6 is 27.3 Å². The fourth-order valence-corrected chi connectivity index (χ4v) is 4.27. The molecule has 0 aliphatic heterocycles. The molecule has 0 spiro atoms. The Morgan fingerprint density at radius 3 is 2.80 bits per heavy atom. The van der Waals surface area contributed by atoms with Crippen molar-refractivity contribution < 1.29 is 9.53 Å². The molecule has 130 valence electrons. The van der Waals surface area contributed by atoms with E-state index in [1.54, 1.807) is 30.6 Å². The molecule has 0 unspecified atom stereocenters. The van der Waals surface area contributed by atoms with Crippen LogP contribution in [-0.2, 0) is 11.3 Å². The Balaban J connectivity index is 2.17. The van der Waals surface area contributed by atoms with Crippen molar-refractivity contribution in [3.8, 4) is 0 Å². The zero-order valence-corrected chi connectivity index (χ0v) is 16.8. The van der Waals surface area contributed by atoms with Crippen LogP contribution in [0, 0.1) is 13.8 Å². The maximum absolute atomic E-state index is 12.6. The summed E-state index contributed by atoms with van der Waals surface area (Å²) in [4.78, 5) is 17.7. The Morgan fingerprint density at radius 1 is 1.28 bits per heavy atom. The molecule has 3 rings (SSSR count). The van der Waals surface area contributed by atoms with Crippen molar-refractivity contribution in [3.63, 3.8) is 0 Å². The van der Waals surface area contributed by atoms with Crippen molar-refractivity contribution in [2.45, 2.75) is 20.4 Å². The Kier molecular flexibility index (Phi) is 5.51. The van der Waals surface area contributed by atoms with Gasteiger partial charge < -0.3 is 9.30 Å². The van der Waals surface area contributed by atoms with Crippen LogP contribution in [0.4, 0.5) is 0 Å². The number of fused-ring (bicyclic) bond motifs is 1. The number of nitrogens with zero attached hydrogens (tertiary/aromatic N) is 2. The van der Waals surface area contributed by atoms with E-state index < -0.39 is 0 Å².